The van der Waals surface area contributed by atoms with Crippen LogP contribution in [0.25, 0.3) is 33.2 Å². The second-order valence-corrected chi connectivity index (χ2v) is 7.58. The molecule has 12 heteroatoms. The van der Waals surface area contributed by atoms with Gasteiger partial charge in [0.1, 0.15) is 0 Å². The number of rotatable bonds is 3. The van der Waals surface area contributed by atoms with Gasteiger partial charge in [-0.25, -0.2) is 4.98 Å². The van der Waals surface area contributed by atoms with E-state index in [4.69, 9.17) is 20.3 Å². The van der Waals surface area contributed by atoms with Crippen molar-refractivity contribution in [2.75, 3.05) is 0 Å². The first-order valence-corrected chi connectivity index (χ1v) is 11.0. The zero-order chi connectivity index (χ0) is 28.7. The second kappa shape index (κ2) is 18.4. The second-order valence-electron chi connectivity index (χ2n) is 7.58. The molecule has 0 saturated heterocycles. The average molecular weight is 675 g/mol. The van der Waals surface area contributed by atoms with Crippen molar-refractivity contribution in [3.63, 3.8) is 0 Å². The zero-order valence-corrected chi connectivity index (χ0v) is 23.8. The van der Waals surface area contributed by atoms with E-state index in [0.29, 0.717) is 0 Å². The van der Waals surface area contributed by atoms with Crippen LogP contribution in [0, 0.1) is 55.3 Å². The molecule has 39 heavy (non-hydrogen) atoms. The van der Waals surface area contributed by atoms with Gasteiger partial charge in [0.15, 0.2) is 11.6 Å². The van der Waals surface area contributed by atoms with E-state index in [2.05, 4.69) is 34.2 Å². The number of fused-ring (bicyclic) bond motifs is 3. The van der Waals surface area contributed by atoms with E-state index in [1.165, 1.54) is 27.7 Å². The van der Waals surface area contributed by atoms with Gasteiger partial charge in [-0.05, 0) is 50.3 Å². The molecule has 4 aromatic rings. The van der Waals surface area contributed by atoms with Gasteiger partial charge in [0.05, 0.1) is 27.5 Å². The number of carbonyl (C=O) groups is 2. The number of hydrogen-bond acceptors (Lipinski definition) is 10. The number of carbonyl (C=O) groups excluding carboxylic acids is 2. The number of benzene rings is 1. The summed E-state index contributed by atoms with van der Waals surface area (Å²) in [7, 11) is 0. The van der Waals surface area contributed by atoms with Gasteiger partial charge in [-0.15, -0.1) is 11.5 Å². The first-order valence-electron chi connectivity index (χ1n) is 11.0. The van der Waals surface area contributed by atoms with Crippen molar-refractivity contribution in [1.82, 2.24) is 15.0 Å². The molecular formula is C27H25GdN4O7. The predicted molar refractivity (Wildman–Crippen MR) is 140 cm³/mol. The molecule has 0 unspecified atom stereocenters. The standard InChI is InChI=1S/C17H11N3.2C5H8O2.Gd.NO3/c1-2-10-18-14(5-1)15-9-8-13-7-6-12-4-3-11-19-16(12)17(13)20-15;2*1-4(6)3-5(2)7;;2-1(3)4/h1-11H;2*3,6H,1-2H3;;/q;;;+3;-1/p-2/b;2*4-3-;;. The normalized spacial score (nSPS) is 10.4. The predicted octanol–water partition coefficient (Wildman–Crippen LogP) is 3.28. The third-order valence-corrected chi connectivity index (χ3v) is 4.17. The molecule has 1 radical (unpaired) electrons. The maximum absolute atomic E-state index is 9.98. The fourth-order valence-corrected chi connectivity index (χ4v) is 2.95. The van der Waals surface area contributed by atoms with Crippen molar-refractivity contribution in [2.45, 2.75) is 27.7 Å². The molecule has 203 valence electrons. The van der Waals surface area contributed by atoms with Crippen LogP contribution in [0.1, 0.15) is 27.7 Å². The van der Waals surface area contributed by atoms with Gasteiger partial charge >= 0.3 is 39.9 Å². The number of pyridine rings is 3. The summed E-state index contributed by atoms with van der Waals surface area (Å²) in [5.74, 6) is -0.750. The first kappa shape index (κ1) is 35.1. The van der Waals surface area contributed by atoms with Crippen LogP contribution < -0.4 is 10.2 Å². The molecule has 0 amide bonds. The monoisotopic (exact) mass is 675 g/mol. The summed E-state index contributed by atoms with van der Waals surface area (Å²) in [5, 5.41) is 36.9. The van der Waals surface area contributed by atoms with Crippen LogP contribution in [0.4, 0.5) is 0 Å². The molecular weight excluding hydrogens is 650 g/mol. The van der Waals surface area contributed by atoms with Crippen molar-refractivity contribution in [2.24, 2.45) is 0 Å². The SMILES string of the molecule is CC(=O)/C=C(/C)[O-].CC(=O)/C=C(/C)[O-].O=[N+]([O-])[O-].[Gd+3].c1ccc(-c2ccc3ccc4cccnc4c3n2)nc1. The summed E-state index contributed by atoms with van der Waals surface area (Å²) in [6.07, 6.45) is 5.69. The summed E-state index contributed by atoms with van der Waals surface area (Å²) in [6.45, 7) is 5.39. The van der Waals surface area contributed by atoms with Crippen molar-refractivity contribution in [1.29, 1.82) is 0 Å². The fraction of sp³-hybridized carbons (Fsp3) is 0.148. The minimum absolute atomic E-state index is 0. The smallest absolute Gasteiger partial charge is 0.876 e. The largest absolute Gasteiger partial charge is 3.00 e. The van der Waals surface area contributed by atoms with E-state index in [1.807, 2.05) is 30.3 Å². The summed E-state index contributed by atoms with van der Waals surface area (Å²) in [5.41, 5.74) is 3.60. The molecule has 0 bridgehead atoms. The minimum Gasteiger partial charge on any atom is -0.876 e. The van der Waals surface area contributed by atoms with Crippen LogP contribution in [-0.4, -0.2) is 31.6 Å². The molecule has 3 heterocycles. The molecule has 0 spiro atoms. The van der Waals surface area contributed by atoms with E-state index in [-0.39, 0.29) is 63.0 Å². The van der Waals surface area contributed by atoms with Crippen molar-refractivity contribution in [3.8, 4) is 11.4 Å². The van der Waals surface area contributed by atoms with Crippen LogP contribution in [0.2, 0.25) is 0 Å². The molecule has 3 aromatic heterocycles. The molecule has 0 aliphatic heterocycles. The zero-order valence-electron chi connectivity index (χ0n) is 21.5. The third kappa shape index (κ3) is 14.6. The Bertz CT molecular complexity index is 1420. The molecule has 11 nitrogen and oxygen atoms in total. The minimum atomic E-state index is -1.75. The number of ketones is 2. The number of hydrogen-bond donors (Lipinski definition) is 0. The van der Waals surface area contributed by atoms with Crippen molar-refractivity contribution >= 4 is 33.4 Å². The Balaban J connectivity index is 0.000000635. The molecule has 0 N–H and O–H groups in total. The quantitative estimate of drug-likeness (QED) is 0.103. The number of nitrogens with zero attached hydrogens (tertiary/aromatic N) is 4. The molecule has 0 aliphatic carbocycles. The molecule has 1 aromatic carbocycles. The summed E-state index contributed by atoms with van der Waals surface area (Å²) < 4.78 is 0. The van der Waals surface area contributed by atoms with Crippen LogP contribution >= 0.6 is 0 Å². The van der Waals surface area contributed by atoms with E-state index in [1.54, 1.807) is 12.4 Å². The molecule has 4 rings (SSSR count). The average Bonchev–Trinajstić information content (AvgIpc) is 2.83. The Morgan fingerprint density at radius 3 is 1.62 bits per heavy atom. The fourth-order valence-electron chi connectivity index (χ4n) is 2.95. The molecule has 0 fully saturated rings. The Morgan fingerprint density at radius 1 is 0.692 bits per heavy atom. The van der Waals surface area contributed by atoms with E-state index >= 15 is 0 Å². The first-order chi connectivity index (χ1) is 17.9. The van der Waals surface area contributed by atoms with Crippen LogP contribution in [0.5, 0.6) is 0 Å². The van der Waals surface area contributed by atoms with Crippen molar-refractivity contribution < 1.29 is 64.8 Å². The molecule has 0 atom stereocenters. The van der Waals surface area contributed by atoms with E-state index in [9.17, 15) is 19.8 Å². The van der Waals surface area contributed by atoms with E-state index in [0.717, 1.165) is 45.3 Å². The van der Waals surface area contributed by atoms with Gasteiger partial charge in [-0.2, -0.15) is 0 Å². The third-order valence-electron chi connectivity index (χ3n) is 4.17. The van der Waals surface area contributed by atoms with Gasteiger partial charge in [0, 0.05) is 23.2 Å². The summed E-state index contributed by atoms with van der Waals surface area (Å²) in [6, 6.07) is 18.1. The molecule has 0 aliphatic rings. The maximum Gasteiger partial charge on any atom is 3.00 e. The maximum atomic E-state index is 9.98. The van der Waals surface area contributed by atoms with Gasteiger partial charge < -0.3 is 25.5 Å². The van der Waals surface area contributed by atoms with Crippen LogP contribution in [0.3, 0.4) is 0 Å². The molecule has 0 saturated carbocycles. The van der Waals surface area contributed by atoms with Crippen molar-refractivity contribution in [3.05, 3.63) is 106 Å². The Morgan fingerprint density at radius 2 is 1.18 bits per heavy atom. The Hall–Kier alpha value is -3.87. The van der Waals surface area contributed by atoms with Gasteiger partial charge in [0.25, 0.3) is 0 Å². The van der Waals surface area contributed by atoms with Crippen LogP contribution in [-0.2, 0) is 9.59 Å². The number of aromatic nitrogens is 3. The summed E-state index contributed by atoms with van der Waals surface area (Å²) >= 11 is 0. The Labute approximate surface area is 256 Å². The van der Waals surface area contributed by atoms with Gasteiger partial charge in [-0.1, -0.05) is 44.2 Å². The van der Waals surface area contributed by atoms with Crippen LogP contribution in [0.15, 0.2) is 90.7 Å². The Kier molecular flexibility index (Phi) is 16.6. The van der Waals surface area contributed by atoms with E-state index < -0.39 is 5.09 Å². The number of allylic oxidation sites excluding steroid dienone is 4. The van der Waals surface area contributed by atoms with Gasteiger partial charge in [0.2, 0.25) is 0 Å². The summed E-state index contributed by atoms with van der Waals surface area (Å²) in [4.78, 5) is 41.8. The topological polar surface area (TPSA) is 185 Å². The van der Waals surface area contributed by atoms with Gasteiger partial charge in [-0.3, -0.25) is 19.6 Å².